The number of carbonyl (C=O) groups is 1. The lowest BCUT2D eigenvalue weighted by Crippen LogP contribution is -2.38. The second kappa shape index (κ2) is 7.65. The fourth-order valence-electron chi connectivity index (χ4n) is 3.54. The summed E-state index contributed by atoms with van der Waals surface area (Å²) in [6.07, 6.45) is 13.2. The number of nitrogens with zero attached hydrogens (tertiary/aromatic N) is 6. The molecule has 7 heteroatoms. The summed E-state index contributed by atoms with van der Waals surface area (Å²) in [5.74, 6) is 2.16. The zero-order valence-corrected chi connectivity index (χ0v) is 15.3. The lowest BCUT2D eigenvalue weighted by atomic mass is 9.93. The molecule has 0 bridgehead atoms. The van der Waals surface area contributed by atoms with Gasteiger partial charge >= 0.3 is 0 Å². The van der Waals surface area contributed by atoms with Gasteiger partial charge < -0.3 is 4.90 Å². The smallest absolute Gasteiger partial charge is 0.253 e. The van der Waals surface area contributed by atoms with E-state index in [1.54, 1.807) is 36.9 Å². The van der Waals surface area contributed by atoms with Crippen molar-refractivity contribution < 1.29 is 4.79 Å². The van der Waals surface area contributed by atoms with Gasteiger partial charge in [-0.2, -0.15) is 0 Å². The van der Waals surface area contributed by atoms with Crippen LogP contribution >= 0.6 is 0 Å². The van der Waals surface area contributed by atoms with Crippen LogP contribution in [0.2, 0.25) is 0 Å². The molecule has 0 unspecified atom stereocenters. The molecule has 1 aliphatic heterocycles. The molecule has 0 saturated carbocycles. The monoisotopic (exact) mass is 362 g/mol. The summed E-state index contributed by atoms with van der Waals surface area (Å²) >= 11 is 0. The van der Waals surface area contributed by atoms with E-state index in [2.05, 4.69) is 21.9 Å². The number of carbonyl (C=O) groups excluding carboxylic acids is 1. The highest BCUT2D eigenvalue weighted by atomic mass is 16.2. The summed E-state index contributed by atoms with van der Waals surface area (Å²) in [6.45, 7) is 3.53. The quantitative estimate of drug-likeness (QED) is 0.713. The predicted molar refractivity (Wildman–Crippen MR) is 101 cm³/mol. The fourth-order valence-corrected chi connectivity index (χ4v) is 3.54. The Hall–Kier alpha value is -3.09. The molecule has 3 aromatic heterocycles. The van der Waals surface area contributed by atoms with Crippen molar-refractivity contribution in [3.63, 3.8) is 0 Å². The Labute approximate surface area is 158 Å². The molecule has 0 N–H and O–H groups in total. The molecule has 1 fully saturated rings. The Morgan fingerprint density at radius 1 is 1.11 bits per heavy atom. The first-order valence-electron chi connectivity index (χ1n) is 9.30. The fraction of sp³-hybridized carbons (Fsp3) is 0.350. The lowest BCUT2D eigenvalue weighted by molar-refractivity contribution is 0.0712. The number of pyridine rings is 1. The van der Waals surface area contributed by atoms with E-state index in [0.29, 0.717) is 11.5 Å². The van der Waals surface area contributed by atoms with Crippen LogP contribution in [0.25, 0.3) is 5.82 Å². The van der Waals surface area contributed by atoms with E-state index >= 15 is 0 Å². The third-order valence-corrected chi connectivity index (χ3v) is 5.05. The molecule has 1 amide bonds. The van der Waals surface area contributed by atoms with E-state index in [1.165, 1.54) is 0 Å². The molecule has 3 aromatic rings. The van der Waals surface area contributed by atoms with Gasteiger partial charge in [-0.15, -0.1) is 0 Å². The van der Waals surface area contributed by atoms with Crippen molar-refractivity contribution >= 4 is 5.91 Å². The number of aromatic nitrogens is 5. The first kappa shape index (κ1) is 17.3. The Balaban J connectivity index is 1.46. The Kier molecular flexibility index (Phi) is 4.91. The van der Waals surface area contributed by atoms with E-state index in [0.717, 1.165) is 49.7 Å². The molecule has 0 spiro atoms. The lowest BCUT2D eigenvalue weighted by Gasteiger charge is -2.31. The van der Waals surface area contributed by atoms with Gasteiger partial charge in [-0.1, -0.05) is 6.92 Å². The topological polar surface area (TPSA) is 76.8 Å². The molecule has 0 atom stereocenters. The summed E-state index contributed by atoms with van der Waals surface area (Å²) in [6, 6.07) is 3.53. The molecule has 0 radical (unpaired) electrons. The van der Waals surface area contributed by atoms with E-state index in [1.807, 2.05) is 21.9 Å². The van der Waals surface area contributed by atoms with Gasteiger partial charge in [0.1, 0.15) is 5.82 Å². The largest absolute Gasteiger partial charge is 0.339 e. The maximum absolute atomic E-state index is 12.6. The van der Waals surface area contributed by atoms with Crippen LogP contribution in [0.1, 0.15) is 47.6 Å². The number of hydrogen-bond acceptors (Lipinski definition) is 5. The van der Waals surface area contributed by atoms with Gasteiger partial charge in [0.15, 0.2) is 5.82 Å². The zero-order chi connectivity index (χ0) is 18.6. The van der Waals surface area contributed by atoms with Crippen LogP contribution in [0, 0.1) is 0 Å². The predicted octanol–water partition coefficient (Wildman–Crippen LogP) is 2.64. The van der Waals surface area contributed by atoms with Crippen molar-refractivity contribution in [2.24, 2.45) is 0 Å². The molecule has 7 nitrogen and oxygen atoms in total. The molecule has 27 heavy (non-hydrogen) atoms. The summed E-state index contributed by atoms with van der Waals surface area (Å²) in [5, 5.41) is 0. The zero-order valence-electron chi connectivity index (χ0n) is 15.3. The summed E-state index contributed by atoms with van der Waals surface area (Å²) < 4.78 is 1.98. The minimum absolute atomic E-state index is 0.0710. The van der Waals surface area contributed by atoms with E-state index in [4.69, 9.17) is 4.98 Å². The average molecular weight is 362 g/mol. The third kappa shape index (κ3) is 3.58. The summed E-state index contributed by atoms with van der Waals surface area (Å²) in [4.78, 5) is 32.0. The molecule has 4 heterocycles. The molecule has 1 aliphatic rings. The normalized spacial score (nSPS) is 15.1. The highest BCUT2D eigenvalue weighted by Gasteiger charge is 2.25. The average Bonchev–Trinajstić information content (AvgIpc) is 3.23. The minimum Gasteiger partial charge on any atom is -0.339 e. The summed E-state index contributed by atoms with van der Waals surface area (Å²) in [7, 11) is 0. The van der Waals surface area contributed by atoms with Crippen molar-refractivity contribution in [2.45, 2.75) is 32.1 Å². The minimum atomic E-state index is 0.0710. The maximum atomic E-state index is 12.6. The van der Waals surface area contributed by atoms with E-state index in [-0.39, 0.29) is 5.91 Å². The van der Waals surface area contributed by atoms with Gasteiger partial charge in [0.25, 0.3) is 5.91 Å². The Bertz CT molecular complexity index is 915. The number of rotatable bonds is 4. The first-order valence-corrected chi connectivity index (χ1v) is 9.30. The molecule has 138 valence electrons. The number of imidazole rings is 1. The van der Waals surface area contributed by atoms with Gasteiger partial charge in [0.2, 0.25) is 0 Å². The van der Waals surface area contributed by atoms with Crippen molar-refractivity contribution in [1.82, 2.24) is 29.4 Å². The van der Waals surface area contributed by atoms with Gasteiger partial charge in [-0.05, 0) is 25.0 Å². The van der Waals surface area contributed by atoms with Crippen molar-refractivity contribution in [3.8, 4) is 5.82 Å². The van der Waals surface area contributed by atoms with Gasteiger partial charge in [-0.25, -0.2) is 9.97 Å². The van der Waals surface area contributed by atoms with Crippen LogP contribution < -0.4 is 0 Å². The van der Waals surface area contributed by atoms with Gasteiger partial charge in [0, 0.05) is 62.0 Å². The molecule has 4 rings (SSSR count). The number of aryl methyl sites for hydroxylation is 1. The van der Waals surface area contributed by atoms with Crippen molar-refractivity contribution in [3.05, 3.63) is 66.4 Å². The molecular weight excluding hydrogens is 340 g/mol. The van der Waals surface area contributed by atoms with Crippen LogP contribution in [0.15, 0.2) is 49.3 Å². The highest BCUT2D eigenvalue weighted by Crippen LogP contribution is 2.27. The molecular formula is C20H22N6O. The van der Waals surface area contributed by atoms with Crippen LogP contribution in [-0.2, 0) is 6.42 Å². The van der Waals surface area contributed by atoms with Crippen molar-refractivity contribution in [1.29, 1.82) is 0 Å². The number of amides is 1. The first-order chi connectivity index (χ1) is 13.3. The SMILES string of the molecule is CCc1nccn1-c1cncc(C2CCN(C(=O)c3ccncc3)CC2)n1. The number of hydrogen-bond donors (Lipinski definition) is 0. The van der Waals surface area contributed by atoms with Crippen LogP contribution in [-0.4, -0.2) is 48.4 Å². The second-order valence-electron chi connectivity index (χ2n) is 6.67. The van der Waals surface area contributed by atoms with Crippen molar-refractivity contribution in [2.75, 3.05) is 13.1 Å². The number of piperidine rings is 1. The number of likely N-dealkylation sites (tertiary alicyclic amines) is 1. The van der Waals surface area contributed by atoms with Crippen LogP contribution in [0.5, 0.6) is 0 Å². The Morgan fingerprint density at radius 3 is 2.63 bits per heavy atom. The maximum Gasteiger partial charge on any atom is 0.253 e. The molecule has 0 aromatic carbocycles. The second-order valence-corrected chi connectivity index (χ2v) is 6.67. The van der Waals surface area contributed by atoms with E-state index < -0.39 is 0 Å². The standard InChI is InChI=1S/C20H22N6O/c1-2-18-23-9-12-26(18)19-14-22-13-17(24-19)15-5-10-25(11-6-15)20(27)16-3-7-21-8-4-16/h3-4,7-9,12-15H,2,5-6,10-11H2,1H3. The van der Waals surface area contributed by atoms with Crippen LogP contribution in [0.4, 0.5) is 0 Å². The Morgan fingerprint density at radius 2 is 1.89 bits per heavy atom. The van der Waals surface area contributed by atoms with Gasteiger partial charge in [-0.3, -0.25) is 19.3 Å². The molecule has 1 saturated heterocycles. The molecule has 0 aliphatic carbocycles. The van der Waals surface area contributed by atoms with E-state index in [9.17, 15) is 4.79 Å². The highest BCUT2D eigenvalue weighted by molar-refractivity contribution is 5.94. The summed E-state index contributed by atoms with van der Waals surface area (Å²) in [5.41, 5.74) is 1.68. The van der Waals surface area contributed by atoms with Gasteiger partial charge in [0.05, 0.1) is 11.9 Å². The van der Waals surface area contributed by atoms with Crippen LogP contribution in [0.3, 0.4) is 0 Å². The third-order valence-electron chi connectivity index (χ3n) is 5.05.